The Morgan fingerprint density at radius 1 is 1.86 bits per heavy atom. The Hall–Kier alpha value is -0.180. The van der Waals surface area contributed by atoms with Crippen molar-refractivity contribution in [2.75, 3.05) is 6.61 Å². The molecule has 44 valence electrons. The molecule has 0 atom stereocenters. The van der Waals surface area contributed by atoms with Gasteiger partial charge in [0.15, 0.2) is 0 Å². The highest BCUT2D eigenvalue weighted by Crippen LogP contribution is 1.69. The Balaban J connectivity index is -0.000000125. The second-order valence-corrected chi connectivity index (χ2v) is 0.925. The quantitative estimate of drug-likeness (QED) is 0.477. The highest BCUT2D eigenvalue weighted by Gasteiger charge is 1.81. The number of hydrogen-bond donors (Lipinski definition) is 0. The predicted octanol–water partition coefficient (Wildman–Crippen LogP) is 0.679. The molecule has 0 N–H and O–H groups in total. The number of esters is 1. The topological polar surface area (TPSA) is 26.3 Å². The zero-order chi connectivity index (χ0) is 4.99. The van der Waals surface area contributed by atoms with Crippen LogP contribution in [0.5, 0.6) is 0 Å². The van der Waals surface area contributed by atoms with Crippen LogP contribution in [0.4, 0.5) is 0 Å². The largest absolute Gasteiger partial charge is 2.00 e. The molecule has 0 aromatic heterocycles. The standard InChI is InChI=1S/C4H8O2.S/c1-3-6-4(2)5;/h3H2,1-2H3;/q;-2/p+1. The Morgan fingerprint density at radius 3 is 2.29 bits per heavy atom. The van der Waals surface area contributed by atoms with Crippen molar-refractivity contribution in [2.24, 2.45) is 0 Å². The third-order valence-electron chi connectivity index (χ3n) is 0.348. The van der Waals surface area contributed by atoms with E-state index in [1.54, 1.807) is 6.92 Å². The number of hydrogen-bond acceptors (Lipinski definition) is 2. The minimum absolute atomic E-state index is 0. The van der Waals surface area contributed by atoms with E-state index in [9.17, 15) is 4.79 Å². The summed E-state index contributed by atoms with van der Waals surface area (Å²) in [5.74, 6) is -0.211. The van der Waals surface area contributed by atoms with Gasteiger partial charge in [-0.3, -0.25) is 4.79 Å². The second-order valence-electron chi connectivity index (χ2n) is 0.925. The van der Waals surface area contributed by atoms with Gasteiger partial charge >= 0.3 is 7.40 Å². The van der Waals surface area contributed by atoms with E-state index in [-0.39, 0.29) is 20.9 Å². The molecule has 0 bridgehead atoms. The summed E-state index contributed by atoms with van der Waals surface area (Å²) < 4.78 is 4.40. The molecule has 0 aromatic rings. The highest BCUT2D eigenvalue weighted by atomic mass is 32.1. The number of rotatable bonds is 1. The van der Waals surface area contributed by atoms with Crippen LogP contribution in [0.3, 0.4) is 0 Å². The summed E-state index contributed by atoms with van der Waals surface area (Å²) in [4.78, 5) is 9.82. The normalized spacial score (nSPS) is 6.57. The fourth-order valence-corrected chi connectivity index (χ4v) is 0.203. The van der Waals surface area contributed by atoms with Gasteiger partial charge in [0.1, 0.15) is 0 Å². The molecule has 0 fully saturated rings. The summed E-state index contributed by atoms with van der Waals surface area (Å²) in [5, 5.41) is 0. The van der Waals surface area contributed by atoms with Gasteiger partial charge in [-0.2, -0.15) is 0 Å². The second kappa shape index (κ2) is 5.82. The maximum atomic E-state index is 9.82. The molecule has 0 saturated carbocycles. The molecule has 0 aliphatic carbocycles. The van der Waals surface area contributed by atoms with Crippen molar-refractivity contribution < 1.29 is 11.0 Å². The van der Waals surface area contributed by atoms with E-state index in [0.717, 1.165) is 0 Å². The van der Waals surface area contributed by atoms with E-state index in [4.69, 9.17) is 0 Å². The van der Waals surface area contributed by atoms with Crippen molar-refractivity contribution in [2.45, 2.75) is 13.8 Å². The van der Waals surface area contributed by atoms with Crippen LogP contribution in [0.15, 0.2) is 0 Å². The number of carbonyl (C=O) groups is 1. The van der Waals surface area contributed by atoms with Gasteiger partial charge in [-0.1, -0.05) is 0 Å². The predicted molar refractivity (Wildman–Crippen MR) is 30.8 cm³/mol. The van der Waals surface area contributed by atoms with Crippen LogP contribution >= 0.6 is 0 Å². The minimum atomic E-state index is -0.211. The molecule has 0 saturated heterocycles. The lowest BCUT2D eigenvalue weighted by molar-refractivity contribution is -0.140. The summed E-state index contributed by atoms with van der Waals surface area (Å²) >= 11 is 0. The molecule has 7 heavy (non-hydrogen) atoms. The van der Waals surface area contributed by atoms with Gasteiger partial charge in [-0.05, 0) is 6.92 Å². The van der Waals surface area contributed by atoms with E-state index in [2.05, 4.69) is 4.74 Å². The maximum Gasteiger partial charge on any atom is 1.00 e. The molecular formula is C4H9O2S-. The molecule has 0 aromatic carbocycles. The smallest absolute Gasteiger partial charge is 1.00 e. The monoisotopic (exact) mass is 121 g/mol. The van der Waals surface area contributed by atoms with Gasteiger partial charge in [-0.25, -0.2) is 0 Å². The van der Waals surface area contributed by atoms with Crippen LogP contribution < -0.4 is 0 Å². The van der Waals surface area contributed by atoms with Crippen molar-refractivity contribution >= 4 is 19.5 Å². The minimum Gasteiger partial charge on any atom is -2.00 e. The van der Waals surface area contributed by atoms with Crippen LogP contribution in [-0.2, 0) is 23.0 Å². The average Bonchev–Trinajstić information content (AvgIpc) is 1.35. The van der Waals surface area contributed by atoms with Crippen molar-refractivity contribution in [3.05, 3.63) is 0 Å². The highest BCUT2D eigenvalue weighted by molar-refractivity contribution is 7.37. The van der Waals surface area contributed by atoms with E-state index in [1.165, 1.54) is 6.92 Å². The fourth-order valence-electron chi connectivity index (χ4n) is 0.203. The van der Waals surface area contributed by atoms with Gasteiger partial charge in [-0.15, -0.1) is 0 Å². The molecule has 0 heterocycles. The molecule has 0 spiro atoms. The van der Waals surface area contributed by atoms with Crippen molar-refractivity contribution in [3.8, 4) is 0 Å². The third kappa shape index (κ3) is 10.7. The SMILES string of the molecule is CCOC(C)=O.[H+].[S-2]. The van der Waals surface area contributed by atoms with E-state index in [0.29, 0.717) is 6.61 Å². The Morgan fingerprint density at radius 2 is 2.29 bits per heavy atom. The van der Waals surface area contributed by atoms with Crippen molar-refractivity contribution in [3.63, 3.8) is 0 Å². The van der Waals surface area contributed by atoms with Gasteiger partial charge in [0, 0.05) is 6.92 Å². The lowest BCUT2D eigenvalue weighted by Crippen LogP contribution is -1.95. The van der Waals surface area contributed by atoms with E-state index >= 15 is 0 Å². The van der Waals surface area contributed by atoms with Crippen molar-refractivity contribution in [1.82, 2.24) is 0 Å². The zero-order valence-electron chi connectivity index (χ0n) is 5.43. The van der Waals surface area contributed by atoms with Crippen LogP contribution in [0, 0.1) is 0 Å². The molecule has 0 rings (SSSR count). The van der Waals surface area contributed by atoms with E-state index < -0.39 is 0 Å². The summed E-state index contributed by atoms with van der Waals surface area (Å²) in [6.45, 7) is 3.65. The first-order chi connectivity index (χ1) is 2.77. The fraction of sp³-hybridized carbons (Fsp3) is 0.750. The number of ether oxygens (including phenoxy) is 1. The molecule has 3 heteroatoms. The van der Waals surface area contributed by atoms with Crippen LogP contribution in [-0.4, -0.2) is 12.6 Å². The number of carbonyl (C=O) groups excluding carboxylic acids is 1. The molecule has 0 amide bonds. The third-order valence-corrected chi connectivity index (χ3v) is 0.348. The lowest BCUT2D eigenvalue weighted by Gasteiger charge is -2.00. The maximum absolute atomic E-state index is 9.82. The van der Waals surface area contributed by atoms with Gasteiger partial charge in [0.05, 0.1) is 6.61 Å². The van der Waals surface area contributed by atoms with Gasteiger partial charge < -0.3 is 18.2 Å². The Labute approximate surface area is 51.8 Å². The van der Waals surface area contributed by atoms with Crippen LogP contribution in [0.1, 0.15) is 15.3 Å². The lowest BCUT2D eigenvalue weighted by atomic mass is 10.8. The molecular weight excluding hydrogens is 112 g/mol. The molecule has 0 aliphatic rings. The summed E-state index contributed by atoms with van der Waals surface area (Å²) in [6, 6.07) is 0. The van der Waals surface area contributed by atoms with Crippen LogP contribution in [0.25, 0.3) is 0 Å². The van der Waals surface area contributed by atoms with Gasteiger partial charge in [0.25, 0.3) is 0 Å². The Kier molecular flexibility index (Phi) is 8.27. The molecule has 0 radical (unpaired) electrons. The van der Waals surface area contributed by atoms with Gasteiger partial charge in [0.2, 0.25) is 0 Å². The first-order valence-electron chi connectivity index (χ1n) is 1.90. The van der Waals surface area contributed by atoms with Crippen molar-refractivity contribution in [1.29, 1.82) is 0 Å². The average molecular weight is 121 g/mol. The van der Waals surface area contributed by atoms with E-state index in [1.807, 2.05) is 0 Å². The zero-order valence-corrected chi connectivity index (χ0v) is 5.25. The Bertz CT molecular complexity index is 58.0. The molecule has 0 aliphatic heterocycles. The first kappa shape index (κ1) is 9.94. The first-order valence-corrected chi connectivity index (χ1v) is 1.90. The molecule has 2 nitrogen and oxygen atoms in total. The van der Waals surface area contributed by atoms with Crippen LogP contribution in [0.2, 0.25) is 0 Å². The molecule has 0 unspecified atom stereocenters. The summed E-state index contributed by atoms with van der Waals surface area (Å²) in [6.07, 6.45) is 0. The summed E-state index contributed by atoms with van der Waals surface area (Å²) in [7, 11) is 0. The summed E-state index contributed by atoms with van der Waals surface area (Å²) in [5.41, 5.74) is 0.